The molecule has 0 aliphatic carbocycles. The minimum atomic E-state index is 0.126. The van der Waals surface area contributed by atoms with E-state index in [9.17, 15) is 4.79 Å². The largest absolute Gasteiger partial charge is 0.340 e. The van der Waals surface area contributed by atoms with E-state index in [0.29, 0.717) is 12.3 Å². The first kappa shape index (κ1) is 18.4. The van der Waals surface area contributed by atoms with Crippen molar-refractivity contribution in [3.05, 3.63) is 16.1 Å². The molecule has 0 bridgehead atoms. The Hall–Kier alpha value is -0.980. The van der Waals surface area contributed by atoms with Crippen LogP contribution in [0, 0.1) is 0 Å². The summed E-state index contributed by atoms with van der Waals surface area (Å²) in [6, 6.07) is 0. The second-order valence-electron chi connectivity index (χ2n) is 7.26. The van der Waals surface area contributed by atoms with Gasteiger partial charge in [0.05, 0.1) is 10.7 Å². The first-order valence-corrected chi connectivity index (χ1v) is 9.37. The van der Waals surface area contributed by atoms with E-state index < -0.39 is 0 Å². The van der Waals surface area contributed by atoms with E-state index >= 15 is 0 Å². The summed E-state index contributed by atoms with van der Waals surface area (Å²) in [7, 11) is 1.92. The number of aromatic nitrogens is 1. The van der Waals surface area contributed by atoms with Gasteiger partial charge in [0.25, 0.3) is 0 Å². The van der Waals surface area contributed by atoms with Crippen molar-refractivity contribution >= 4 is 17.2 Å². The highest BCUT2D eigenvalue weighted by molar-refractivity contribution is 7.09. The van der Waals surface area contributed by atoms with Gasteiger partial charge in [0.15, 0.2) is 0 Å². The molecular formula is C17H30N4OS. The van der Waals surface area contributed by atoms with E-state index in [1.54, 1.807) is 11.3 Å². The highest BCUT2D eigenvalue weighted by atomic mass is 32.1. The molecule has 1 aliphatic rings. The molecule has 1 aromatic rings. The van der Waals surface area contributed by atoms with Crippen LogP contribution >= 0.6 is 11.3 Å². The number of thiazole rings is 1. The van der Waals surface area contributed by atoms with Crippen LogP contribution in [0.4, 0.5) is 0 Å². The van der Waals surface area contributed by atoms with E-state index in [-0.39, 0.29) is 5.41 Å². The van der Waals surface area contributed by atoms with Crippen molar-refractivity contribution in [2.24, 2.45) is 0 Å². The maximum absolute atomic E-state index is 12.1. The Balaban J connectivity index is 1.76. The molecule has 1 fully saturated rings. The Morgan fingerprint density at radius 1 is 1.30 bits per heavy atom. The SMILES string of the molecule is CNCCCC(=O)N1CCN(Cc2csc(C(C)(C)C)n2)CC1. The zero-order chi connectivity index (χ0) is 16.9. The highest BCUT2D eigenvalue weighted by Crippen LogP contribution is 2.26. The van der Waals surface area contributed by atoms with Crippen LogP contribution in [-0.4, -0.2) is 60.5 Å². The third kappa shape index (κ3) is 5.55. The van der Waals surface area contributed by atoms with Crippen LogP contribution < -0.4 is 5.32 Å². The number of rotatable bonds is 6. The first-order chi connectivity index (χ1) is 10.9. The molecule has 6 heteroatoms. The van der Waals surface area contributed by atoms with Gasteiger partial charge in [-0.15, -0.1) is 11.3 Å². The summed E-state index contributed by atoms with van der Waals surface area (Å²) in [5.41, 5.74) is 1.29. The van der Waals surface area contributed by atoms with Crippen molar-refractivity contribution in [1.82, 2.24) is 20.1 Å². The molecule has 1 aliphatic heterocycles. The third-order valence-electron chi connectivity index (χ3n) is 4.12. The molecule has 2 heterocycles. The molecule has 0 spiro atoms. The predicted octanol–water partition coefficient (Wildman–Crippen LogP) is 2.08. The molecule has 1 saturated heterocycles. The van der Waals surface area contributed by atoms with E-state index in [1.165, 1.54) is 5.01 Å². The van der Waals surface area contributed by atoms with Crippen molar-refractivity contribution in [2.75, 3.05) is 39.8 Å². The predicted molar refractivity (Wildman–Crippen MR) is 95.8 cm³/mol. The lowest BCUT2D eigenvalue weighted by Crippen LogP contribution is -2.48. The minimum Gasteiger partial charge on any atom is -0.340 e. The fourth-order valence-electron chi connectivity index (χ4n) is 2.68. The van der Waals surface area contributed by atoms with Crippen LogP contribution in [0.2, 0.25) is 0 Å². The normalized spacial score (nSPS) is 16.8. The molecule has 1 aromatic heterocycles. The van der Waals surface area contributed by atoms with Gasteiger partial charge < -0.3 is 10.2 Å². The van der Waals surface area contributed by atoms with Gasteiger partial charge >= 0.3 is 0 Å². The van der Waals surface area contributed by atoms with Gasteiger partial charge in [0.2, 0.25) is 5.91 Å². The summed E-state index contributed by atoms with van der Waals surface area (Å²) in [6.07, 6.45) is 1.58. The molecule has 0 aromatic carbocycles. The number of carbonyl (C=O) groups excluding carboxylic acids is 1. The Bertz CT molecular complexity index is 501. The van der Waals surface area contributed by atoms with E-state index in [4.69, 9.17) is 4.98 Å². The van der Waals surface area contributed by atoms with Crippen molar-refractivity contribution < 1.29 is 4.79 Å². The van der Waals surface area contributed by atoms with Gasteiger partial charge in [-0.05, 0) is 20.0 Å². The summed E-state index contributed by atoms with van der Waals surface area (Å²) >= 11 is 1.75. The topological polar surface area (TPSA) is 48.5 Å². The number of nitrogens with one attached hydrogen (secondary N) is 1. The Morgan fingerprint density at radius 2 is 2.00 bits per heavy atom. The third-order valence-corrected chi connectivity index (χ3v) is 5.44. The summed E-state index contributed by atoms with van der Waals surface area (Å²) in [6.45, 7) is 12.0. The smallest absolute Gasteiger partial charge is 0.222 e. The van der Waals surface area contributed by atoms with Gasteiger partial charge in [0, 0.05) is 49.9 Å². The van der Waals surface area contributed by atoms with Crippen LogP contribution in [-0.2, 0) is 16.8 Å². The molecule has 0 radical (unpaired) electrons. The Labute approximate surface area is 144 Å². The average molecular weight is 339 g/mol. The number of piperazine rings is 1. The molecule has 1 amide bonds. The number of nitrogens with zero attached hydrogens (tertiary/aromatic N) is 3. The van der Waals surface area contributed by atoms with E-state index in [0.717, 1.165) is 51.4 Å². The van der Waals surface area contributed by atoms with Crippen molar-refractivity contribution in [1.29, 1.82) is 0 Å². The minimum absolute atomic E-state index is 0.126. The molecule has 0 unspecified atom stereocenters. The first-order valence-electron chi connectivity index (χ1n) is 8.50. The van der Waals surface area contributed by atoms with Gasteiger partial charge in [-0.2, -0.15) is 0 Å². The van der Waals surface area contributed by atoms with Gasteiger partial charge in [-0.1, -0.05) is 20.8 Å². The number of amides is 1. The maximum Gasteiger partial charge on any atom is 0.222 e. The zero-order valence-electron chi connectivity index (χ0n) is 14.9. The second-order valence-corrected chi connectivity index (χ2v) is 8.12. The molecule has 130 valence electrons. The maximum atomic E-state index is 12.1. The standard InChI is InChI=1S/C17H30N4OS/c1-17(2,3)16-19-14(13-23-16)12-20-8-10-21(11-9-20)15(22)6-5-7-18-4/h13,18H,5-12H2,1-4H3. The van der Waals surface area contributed by atoms with Crippen LogP contribution in [0.25, 0.3) is 0 Å². The monoisotopic (exact) mass is 338 g/mol. The molecule has 5 nitrogen and oxygen atoms in total. The van der Waals surface area contributed by atoms with Gasteiger partial charge in [-0.25, -0.2) is 4.98 Å². The van der Waals surface area contributed by atoms with E-state index in [1.807, 2.05) is 11.9 Å². The second kappa shape index (κ2) is 8.22. The molecule has 2 rings (SSSR count). The lowest BCUT2D eigenvalue weighted by Gasteiger charge is -2.34. The number of hydrogen-bond donors (Lipinski definition) is 1. The van der Waals surface area contributed by atoms with Crippen LogP contribution in [0.1, 0.15) is 44.3 Å². The van der Waals surface area contributed by atoms with Crippen molar-refractivity contribution in [2.45, 2.75) is 45.6 Å². The summed E-state index contributed by atoms with van der Waals surface area (Å²) in [5, 5.41) is 6.46. The zero-order valence-corrected chi connectivity index (χ0v) is 15.7. The number of hydrogen-bond acceptors (Lipinski definition) is 5. The van der Waals surface area contributed by atoms with Gasteiger partial charge in [-0.3, -0.25) is 9.69 Å². The van der Waals surface area contributed by atoms with Crippen LogP contribution in [0.3, 0.4) is 0 Å². The van der Waals surface area contributed by atoms with E-state index in [2.05, 4.69) is 36.4 Å². The van der Waals surface area contributed by atoms with Crippen LogP contribution in [0.15, 0.2) is 5.38 Å². The molecule has 0 atom stereocenters. The molecular weight excluding hydrogens is 308 g/mol. The fourth-order valence-corrected chi connectivity index (χ4v) is 3.58. The number of carbonyl (C=O) groups is 1. The van der Waals surface area contributed by atoms with Gasteiger partial charge in [0.1, 0.15) is 0 Å². The molecule has 1 N–H and O–H groups in total. The summed E-state index contributed by atoms with van der Waals surface area (Å²) < 4.78 is 0. The summed E-state index contributed by atoms with van der Waals surface area (Å²) in [5.74, 6) is 0.295. The summed E-state index contributed by atoms with van der Waals surface area (Å²) in [4.78, 5) is 21.3. The molecule has 0 saturated carbocycles. The molecule has 23 heavy (non-hydrogen) atoms. The fraction of sp³-hybridized carbons (Fsp3) is 0.765. The average Bonchev–Trinajstić information content (AvgIpc) is 2.97. The van der Waals surface area contributed by atoms with Crippen molar-refractivity contribution in [3.63, 3.8) is 0 Å². The lowest BCUT2D eigenvalue weighted by molar-refractivity contribution is -0.133. The lowest BCUT2D eigenvalue weighted by atomic mass is 9.98. The van der Waals surface area contributed by atoms with Crippen molar-refractivity contribution in [3.8, 4) is 0 Å². The quantitative estimate of drug-likeness (QED) is 0.807. The Kier molecular flexibility index (Phi) is 6.56. The van der Waals surface area contributed by atoms with Crippen LogP contribution in [0.5, 0.6) is 0 Å². The highest BCUT2D eigenvalue weighted by Gasteiger charge is 2.22. The Morgan fingerprint density at radius 3 is 2.57 bits per heavy atom.